The maximum absolute atomic E-state index is 13.1. The minimum absolute atomic E-state index is 0.172. The second-order valence-electron chi connectivity index (χ2n) is 4.32. The van der Waals surface area contributed by atoms with E-state index in [1.165, 1.54) is 18.2 Å². The number of hydrogen-bond acceptors (Lipinski definition) is 1. The molecule has 0 bridgehead atoms. The van der Waals surface area contributed by atoms with E-state index < -0.39 is 0 Å². The lowest BCUT2D eigenvalue weighted by Crippen LogP contribution is -2.03. The number of aromatic amines is 1. The average Bonchev–Trinajstić information content (AvgIpc) is 2.83. The lowest BCUT2D eigenvalue weighted by molar-refractivity contribution is 0.103. The highest BCUT2D eigenvalue weighted by Gasteiger charge is 2.18. The number of nitrogens with one attached hydrogen (secondary N) is 1. The summed E-state index contributed by atoms with van der Waals surface area (Å²) < 4.78 is 13.7. The summed E-state index contributed by atoms with van der Waals surface area (Å²) >= 11 is 8.12. The summed E-state index contributed by atoms with van der Waals surface area (Å²) in [4.78, 5) is 15.6. The van der Waals surface area contributed by atoms with Crippen molar-refractivity contribution in [2.75, 3.05) is 0 Å². The van der Waals surface area contributed by atoms with Gasteiger partial charge >= 0.3 is 0 Å². The Bertz CT molecular complexity index is 828. The number of benzene rings is 2. The number of fused-ring (bicyclic) bond motifs is 1. The second kappa shape index (κ2) is 5.18. The Kier molecular flexibility index (Phi) is 3.52. The summed E-state index contributed by atoms with van der Waals surface area (Å²) in [5.74, 6) is -0.531. The molecule has 0 saturated carbocycles. The molecule has 0 aliphatic carbocycles. The topological polar surface area (TPSA) is 32.9 Å². The van der Waals surface area contributed by atoms with E-state index in [-0.39, 0.29) is 11.6 Å². The van der Waals surface area contributed by atoms with Crippen LogP contribution in [0.5, 0.6) is 0 Å². The summed E-state index contributed by atoms with van der Waals surface area (Å²) in [6.07, 6.45) is 1.64. The number of halogens is 3. The first kappa shape index (κ1) is 13.6. The molecule has 3 rings (SSSR count). The Hall–Kier alpha value is -1.40. The molecule has 0 radical (unpaired) electrons. The van der Waals surface area contributed by atoms with E-state index in [1.807, 2.05) is 34.7 Å². The van der Waals surface area contributed by atoms with Crippen LogP contribution in [-0.2, 0) is 0 Å². The summed E-state index contributed by atoms with van der Waals surface area (Å²) in [6, 6.07) is 9.53. The second-order valence-corrected chi connectivity index (χ2v) is 5.89. The van der Waals surface area contributed by atoms with Crippen molar-refractivity contribution in [3.63, 3.8) is 0 Å². The fourth-order valence-corrected chi connectivity index (χ4v) is 3.14. The fraction of sp³-hybridized carbons (Fsp3) is 0. The van der Waals surface area contributed by atoms with Crippen LogP contribution in [0, 0.1) is 9.39 Å². The number of hydrogen-bond donors (Lipinski definition) is 1. The molecule has 0 aliphatic rings. The van der Waals surface area contributed by atoms with Gasteiger partial charge in [-0.2, -0.15) is 0 Å². The molecule has 2 nitrogen and oxygen atoms in total. The standard InChI is InChI=1S/C15H8ClFINO/c16-11-2-1-3-13-14(11)10(7-19-13)15(20)9-5-4-8(17)6-12(9)18/h1-7,19H. The molecule has 20 heavy (non-hydrogen) atoms. The van der Waals surface area contributed by atoms with Crippen molar-refractivity contribution in [2.45, 2.75) is 0 Å². The van der Waals surface area contributed by atoms with Crippen LogP contribution in [0.2, 0.25) is 5.02 Å². The van der Waals surface area contributed by atoms with E-state index in [4.69, 9.17) is 11.6 Å². The molecule has 0 spiro atoms. The molecular formula is C15H8ClFINO. The number of rotatable bonds is 2. The van der Waals surface area contributed by atoms with Crippen molar-refractivity contribution in [3.8, 4) is 0 Å². The van der Waals surface area contributed by atoms with Gasteiger partial charge in [0.2, 0.25) is 0 Å². The number of aromatic nitrogens is 1. The van der Waals surface area contributed by atoms with Gasteiger partial charge in [0.25, 0.3) is 0 Å². The maximum Gasteiger partial charge on any atom is 0.196 e. The molecule has 100 valence electrons. The van der Waals surface area contributed by atoms with Crippen molar-refractivity contribution in [2.24, 2.45) is 0 Å². The molecule has 0 aliphatic heterocycles. The molecule has 1 N–H and O–H groups in total. The van der Waals surface area contributed by atoms with Crippen molar-refractivity contribution in [1.29, 1.82) is 0 Å². The van der Waals surface area contributed by atoms with Crippen LogP contribution < -0.4 is 0 Å². The molecule has 5 heteroatoms. The van der Waals surface area contributed by atoms with Gasteiger partial charge in [-0.3, -0.25) is 4.79 Å². The zero-order chi connectivity index (χ0) is 14.3. The van der Waals surface area contributed by atoms with Crippen LogP contribution >= 0.6 is 34.2 Å². The molecular weight excluding hydrogens is 392 g/mol. The van der Waals surface area contributed by atoms with Gasteiger partial charge in [0.05, 0.1) is 5.02 Å². The first-order chi connectivity index (χ1) is 9.58. The Morgan fingerprint density at radius 1 is 1.20 bits per heavy atom. The minimum atomic E-state index is -0.358. The van der Waals surface area contributed by atoms with Crippen molar-refractivity contribution in [1.82, 2.24) is 4.98 Å². The van der Waals surface area contributed by atoms with Crippen LogP contribution in [0.1, 0.15) is 15.9 Å². The summed E-state index contributed by atoms with van der Waals surface area (Å²) in [5, 5.41) is 1.21. The van der Waals surface area contributed by atoms with Gasteiger partial charge in [-0.1, -0.05) is 17.7 Å². The van der Waals surface area contributed by atoms with E-state index in [2.05, 4.69) is 4.98 Å². The molecule has 0 saturated heterocycles. The van der Waals surface area contributed by atoms with Gasteiger partial charge in [-0.25, -0.2) is 4.39 Å². The third-order valence-electron chi connectivity index (χ3n) is 3.08. The lowest BCUT2D eigenvalue weighted by Gasteiger charge is -2.04. The predicted molar refractivity (Wildman–Crippen MR) is 85.9 cm³/mol. The Morgan fingerprint density at radius 2 is 2.00 bits per heavy atom. The monoisotopic (exact) mass is 399 g/mol. The van der Waals surface area contributed by atoms with Gasteiger partial charge in [0, 0.05) is 31.8 Å². The lowest BCUT2D eigenvalue weighted by atomic mass is 10.0. The molecule has 0 unspecified atom stereocenters. The average molecular weight is 400 g/mol. The Morgan fingerprint density at radius 3 is 2.75 bits per heavy atom. The minimum Gasteiger partial charge on any atom is -0.360 e. The van der Waals surface area contributed by atoms with Crippen LogP contribution in [0.4, 0.5) is 4.39 Å². The molecule has 0 amide bonds. The molecule has 2 aromatic carbocycles. The third kappa shape index (κ3) is 2.23. The van der Waals surface area contributed by atoms with Gasteiger partial charge in [0.15, 0.2) is 5.78 Å². The molecule has 1 aromatic heterocycles. The van der Waals surface area contributed by atoms with Crippen LogP contribution in [-0.4, -0.2) is 10.8 Å². The summed E-state index contributed by atoms with van der Waals surface area (Å²) in [5.41, 5.74) is 1.76. The van der Waals surface area contributed by atoms with Gasteiger partial charge in [-0.15, -0.1) is 0 Å². The highest BCUT2D eigenvalue weighted by molar-refractivity contribution is 14.1. The third-order valence-corrected chi connectivity index (χ3v) is 4.28. The van der Waals surface area contributed by atoms with Gasteiger partial charge in [-0.05, 0) is 52.9 Å². The van der Waals surface area contributed by atoms with E-state index in [0.717, 1.165) is 5.52 Å². The van der Waals surface area contributed by atoms with E-state index in [1.54, 1.807) is 12.3 Å². The first-order valence-corrected chi connectivity index (χ1v) is 7.29. The van der Waals surface area contributed by atoms with Gasteiger partial charge in [0.1, 0.15) is 5.82 Å². The highest BCUT2D eigenvalue weighted by Crippen LogP contribution is 2.29. The largest absolute Gasteiger partial charge is 0.360 e. The fourth-order valence-electron chi connectivity index (χ4n) is 2.14. The van der Waals surface area contributed by atoms with Crippen LogP contribution in [0.15, 0.2) is 42.6 Å². The van der Waals surface area contributed by atoms with Crippen molar-refractivity contribution >= 4 is 50.9 Å². The summed E-state index contributed by atoms with van der Waals surface area (Å²) in [7, 11) is 0. The molecule has 1 heterocycles. The Balaban J connectivity index is 2.18. The number of carbonyl (C=O) groups is 1. The summed E-state index contributed by atoms with van der Waals surface area (Å²) in [6.45, 7) is 0. The number of H-pyrrole nitrogens is 1. The Labute approximate surface area is 133 Å². The number of ketones is 1. The molecule has 0 atom stereocenters. The number of carbonyl (C=O) groups excluding carboxylic acids is 1. The normalized spacial score (nSPS) is 10.9. The van der Waals surface area contributed by atoms with Gasteiger partial charge < -0.3 is 4.98 Å². The quantitative estimate of drug-likeness (QED) is 0.487. The highest BCUT2D eigenvalue weighted by atomic mass is 127. The molecule has 3 aromatic rings. The maximum atomic E-state index is 13.1. The smallest absolute Gasteiger partial charge is 0.196 e. The van der Waals surface area contributed by atoms with Crippen LogP contribution in [0.3, 0.4) is 0 Å². The first-order valence-electron chi connectivity index (χ1n) is 5.83. The van der Waals surface area contributed by atoms with E-state index in [0.29, 0.717) is 25.1 Å². The van der Waals surface area contributed by atoms with Crippen molar-refractivity contribution in [3.05, 3.63) is 68.1 Å². The predicted octanol–water partition coefficient (Wildman–Crippen LogP) is 4.80. The zero-order valence-corrected chi connectivity index (χ0v) is 13.0. The van der Waals surface area contributed by atoms with Crippen LogP contribution in [0.25, 0.3) is 10.9 Å². The van der Waals surface area contributed by atoms with Crippen molar-refractivity contribution < 1.29 is 9.18 Å². The molecule has 0 fully saturated rings. The zero-order valence-electron chi connectivity index (χ0n) is 10.1. The SMILES string of the molecule is O=C(c1ccc(F)cc1I)c1c[nH]c2cccc(Cl)c12. The van der Waals surface area contributed by atoms with E-state index >= 15 is 0 Å². The van der Waals surface area contributed by atoms with E-state index in [9.17, 15) is 9.18 Å².